The summed E-state index contributed by atoms with van der Waals surface area (Å²) in [7, 11) is 0. The SMILES string of the molecule is CC1(C)c2cc(C(=O)NN)ccc2-c2c(-c3ccccc3)cc(N(c3ccccc3)c3ccccc3)cc21. The van der Waals surface area contributed by atoms with Crippen molar-refractivity contribution in [3.05, 3.63) is 138 Å². The summed E-state index contributed by atoms with van der Waals surface area (Å²) in [5.41, 5.74) is 12.8. The summed E-state index contributed by atoms with van der Waals surface area (Å²) in [4.78, 5) is 14.7. The third-order valence-corrected chi connectivity index (χ3v) is 7.52. The fourth-order valence-electron chi connectivity index (χ4n) is 5.63. The predicted octanol–water partition coefficient (Wildman–Crippen LogP) is 7.73. The van der Waals surface area contributed by atoms with Gasteiger partial charge in [-0.15, -0.1) is 0 Å². The zero-order chi connectivity index (χ0) is 26.3. The van der Waals surface area contributed by atoms with Gasteiger partial charge in [0.05, 0.1) is 0 Å². The Labute approximate surface area is 223 Å². The first-order valence-electron chi connectivity index (χ1n) is 12.8. The fourth-order valence-corrected chi connectivity index (χ4v) is 5.63. The first-order valence-corrected chi connectivity index (χ1v) is 12.8. The number of para-hydroxylation sites is 2. The van der Waals surface area contributed by atoms with Crippen LogP contribution >= 0.6 is 0 Å². The molecule has 0 unspecified atom stereocenters. The molecular weight excluding hydrogens is 466 g/mol. The number of nitrogens with two attached hydrogens (primary N) is 1. The Bertz CT molecular complexity index is 1590. The Balaban J connectivity index is 1.65. The molecule has 0 aliphatic heterocycles. The van der Waals surface area contributed by atoms with E-state index < -0.39 is 0 Å². The van der Waals surface area contributed by atoms with Gasteiger partial charge >= 0.3 is 0 Å². The molecule has 0 spiro atoms. The summed E-state index contributed by atoms with van der Waals surface area (Å²) in [6.45, 7) is 4.46. The van der Waals surface area contributed by atoms with Crippen LogP contribution < -0.4 is 16.2 Å². The van der Waals surface area contributed by atoms with Crippen LogP contribution in [-0.4, -0.2) is 5.91 Å². The zero-order valence-electron chi connectivity index (χ0n) is 21.5. The second-order valence-corrected chi connectivity index (χ2v) is 10.1. The molecule has 4 nitrogen and oxygen atoms in total. The number of hydrogen-bond acceptors (Lipinski definition) is 3. The number of amides is 1. The number of hydrogen-bond donors (Lipinski definition) is 2. The molecule has 0 aromatic heterocycles. The molecule has 1 aliphatic carbocycles. The first-order chi connectivity index (χ1) is 18.5. The highest BCUT2D eigenvalue weighted by molar-refractivity contribution is 5.99. The van der Waals surface area contributed by atoms with Crippen molar-refractivity contribution in [3.8, 4) is 22.3 Å². The van der Waals surface area contributed by atoms with Crippen molar-refractivity contribution in [2.75, 3.05) is 4.90 Å². The third kappa shape index (κ3) is 3.87. The molecule has 0 bridgehead atoms. The lowest BCUT2D eigenvalue weighted by atomic mass is 9.81. The van der Waals surface area contributed by atoms with Crippen LogP contribution in [0.5, 0.6) is 0 Å². The number of anilines is 3. The van der Waals surface area contributed by atoms with E-state index in [-0.39, 0.29) is 11.3 Å². The van der Waals surface area contributed by atoms with Gasteiger partial charge in [0.2, 0.25) is 0 Å². The molecule has 4 heteroatoms. The molecule has 38 heavy (non-hydrogen) atoms. The Morgan fingerprint density at radius 2 is 1.24 bits per heavy atom. The first kappa shape index (κ1) is 23.7. The Morgan fingerprint density at radius 1 is 0.658 bits per heavy atom. The fraction of sp³-hybridized carbons (Fsp3) is 0.0882. The van der Waals surface area contributed by atoms with Crippen molar-refractivity contribution >= 4 is 23.0 Å². The lowest BCUT2D eigenvalue weighted by Gasteiger charge is -2.29. The highest BCUT2D eigenvalue weighted by Crippen LogP contribution is 2.54. The third-order valence-electron chi connectivity index (χ3n) is 7.52. The summed E-state index contributed by atoms with van der Waals surface area (Å²) in [6, 6.07) is 42.0. The number of nitrogens with zero attached hydrogens (tertiary/aromatic N) is 1. The van der Waals surface area contributed by atoms with E-state index >= 15 is 0 Å². The minimum absolute atomic E-state index is 0.289. The maximum Gasteiger partial charge on any atom is 0.265 e. The van der Waals surface area contributed by atoms with Crippen molar-refractivity contribution in [2.45, 2.75) is 19.3 Å². The van der Waals surface area contributed by atoms with E-state index in [2.05, 4.69) is 115 Å². The standard InChI is InChI=1S/C34H29N3O/c1-34(2)30-20-24(33(38)36-35)18-19-28(30)32-29(23-12-6-3-7-13-23)21-27(22-31(32)34)37(25-14-8-4-9-15-25)26-16-10-5-11-17-26/h3-22H,35H2,1-2H3,(H,36,38). The van der Waals surface area contributed by atoms with Crippen LogP contribution in [0.15, 0.2) is 121 Å². The van der Waals surface area contributed by atoms with Gasteiger partial charge < -0.3 is 4.90 Å². The molecule has 0 heterocycles. The molecule has 186 valence electrons. The Hall–Kier alpha value is -4.67. The molecule has 1 amide bonds. The van der Waals surface area contributed by atoms with Gasteiger partial charge in [-0.25, -0.2) is 5.84 Å². The van der Waals surface area contributed by atoms with Gasteiger partial charge in [0.25, 0.3) is 5.91 Å². The van der Waals surface area contributed by atoms with E-state index in [9.17, 15) is 4.79 Å². The molecule has 0 saturated heterocycles. The average Bonchev–Trinajstić information content (AvgIpc) is 3.20. The van der Waals surface area contributed by atoms with Crippen LogP contribution in [0.1, 0.15) is 35.3 Å². The van der Waals surface area contributed by atoms with E-state index in [1.807, 2.05) is 30.3 Å². The van der Waals surface area contributed by atoms with Gasteiger partial charge in [0.1, 0.15) is 0 Å². The quantitative estimate of drug-likeness (QED) is 0.149. The van der Waals surface area contributed by atoms with Gasteiger partial charge in [0.15, 0.2) is 0 Å². The van der Waals surface area contributed by atoms with Crippen LogP contribution in [0.25, 0.3) is 22.3 Å². The van der Waals surface area contributed by atoms with Gasteiger partial charge in [-0.05, 0) is 81.9 Å². The highest BCUT2D eigenvalue weighted by Gasteiger charge is 2.38. The summed E-state index contributed by atoms with van der Waals surface area (Å²) < 4.78 is 0. The van der Waals surface area contributed by atoms with E-state index in [1.165, 1.54) is 11.1 Å². The molecule has 0 radical (unpaired) electrons. The number of rotatable bonds is 5. The summed E-state index contributed by atoms with van der Waals surface area (Å²) >= 11 is 0. The molecule has 5 aromatic rings. The van der Waals surface area contributed by atoms with Gasteiger partial charge in [-0.2, -0.15) is 0 Å². The summed E-state index contributed by atoms with van der Waals surface area (Å²) in [5, 5.41) is 0. The van der Waals surface area contributed by atoms with Gasteiger partial charge in [0, 0.05) is 28.0 Å². The molecule has 0 fully saturated rings. The molecule has 1 aliphatic rings. The summed E-state index contributed by atoms with van der Waals surface area (Å²) in [5.74, 6) is 5.17. The molecule has 0 saturated carbocycles. The predicted molar refractivity (Wildman–Crippen MR) is 156 cm³/mol. The van der Waals surface area contributed by atoms with Crippen molar-refractivity contribution < 1.29 is 4.79 Å². The van der Waals surface area contributed by atoms with Crippen molar-refractivity contribution in [2.24, 2.45) is 5.84 Å². The van der Waals surface area contributed by atoms with Crippen LogP contribution in [-0.2, 0) is 5.41 Å². The smallest absolute Gasteiger partial charge is 0.265 e. The number of benzene rings is 5. The molecule has 6 rings (SSSR count). The highest BCUT2D eigenvalue weighted by atomic mass is 16.2. The molecule has 0 atom stereocenters. The second-order valence-electron chi connectivity index (χ2n) is 10.1. The number of nitrogens with one attached hydrogen (secondary N) is 1. The average molecular weight is 496 g/mol. The number of carbonyl (C=O) groups is 1. The van der Waals surface area contributed by atoms with E-state index in [1.54, 1.807) is 0 Å². The van der Waals surface area contributed by atoms with E-state index in [0.29, 0.717) is 5.56 Å². The number of nitrogen functional groups attached to an aromatic ring is 1. The topological polar surface area (TPSA) is 58.4 Å². The van der Waals surface area contributed by atoms with Crippen LogP contribution in [0.4, 0.5) is 17.1 Å². The number of hydrazine groups is 1. The zero-order valence-corrected chi connectivity index (χ0v) is 21.5. The molecule has 3 N–H and O–H groups in total. The van der Waals surface area contributed by atoms with Gasteiger partial charge in [-0.1, -0.05) is 86.6 Å². The Kier molecular flexibility index (Phi) is 5.82. The van der Waals surface area contributed by atoms with Crippen LogP contribution in [0.2, 0.25) is 0 Å². The van der Waals surface area contributed by atoms with Crippen molar-refractivity contribution in [3.63, 3.8) is 0 Å². The van der Waals surface area contributed by atoms with Crippen molar-refractivity contribution in [1.82, 2.24) is 5.43 Å². The van der Waals surface area contributed by atoms with Crippen LogP contribution in [0, 0.1) is 0 Å². The lowest BCUT2D eigenvalue weighted by Crippen LogP contribution is -2.30. The minimum Gasteiger partial charge on any atom is -0.310 e. The van der Waals surface area contributed by atoms with E-state index in [4.69, 9.17) is 5.84 Å². The largest absolute Gasteiger partial charge is 0.310 e. The van der Waals surface area contributed by atoms with Crippen molar-refractivity contribution in [1.29, 1.82) is 0 Å². The maximum atomic E-state index is 12.4. The van der Waals surface area contributed by atoms with E-state index in [0.717, 1.165) is 39.3 Å². The second kappa shape index (κ2) is 9.33. The monoisotopic (exact) mass is 495 g/mol. The Morgan fingerprint density at radius 3 is 1.82 bits per heavy atom. The van der Waals surface area contributed by atoms with Gasteiger partial charge in [-0.3, -0.25) is 10.2 Å². The number of carbonyl (C=O) groups excluding carboxylic acids is 1. The van der Waals surface area contributed by atoms with Crippen LogP contribution in [0.3, 0.4) is 0 Å². The molecule has 5 aromatic carbocycles. The molecular formula is C34H29N3O. The number of fused-ring (bicyclic) bond motifs is 3. The normalized spacial score (nSPS) is 12.9. The summed E-state index contributed by atoms with van der Waals surface area (Å²) in [6.07, 6.45) is 0. The maximum absolute atomic E-state index is 12.4. The minimum atomic E-state index is -0.325. The lowest BCUT2D eigenvalue weighted by molar-refractivity contribution is 0.0953.